The quantitative estimate of drug-likeness (QED) is 0.434. The third-order valence-electron chi connectivity index (χ3n) is 6.24. The first kappa shape index (κ1) is 22.2. The first-order chi connectivity index (χ1) is 16.4. The molecule has 1 N–H and O–H groups in total. The molecule has 34 heavy (non-hydrogen) atoms. The van der Waals surface area contributed by atoms with E-state index in [1.165, 1.54) is 28.7 Å². The summed E-state index contributed by atoms with van der Waals surface area (Å²) in [6, 6.07) is 14.3. The maximum atomic E-state index is 13.4. The molecule has 3 heterocycles. The second kappa shape index (κ2) is 8.96. The Kier molecular flexibility index (Phi) is 5.85. The lowest BCUT2D eigenvalue weighted by Gasteiger charge is -2.33. The van der Waals surface area contributed by atoms with Crippen molar-refractivity contribution in [1.29, 1.82) is 0 Å². The van der Waals surface area contributed by atoms with Crippen LogP contribution in [0.25, 0.3) is 11.0 Å². The number of alkyl halides is 3. The maximum Gasteiger partial charge on any atom is 0.416 e. The third-order valence-corrected chi connectivity index (χ3v) is 6.24. The molecule has 2 aromatic heterocycles. The van der Waals surface area contributed by atoms with Gasteiger partial charge in [-0.05, 0) is 49.1 Å². The standard InChI is InChI=1S/C25H25F3N6/c1-17-5-4-7-20(13-17)32-19-9-11-33(12-10-19)23-21-14-31-34(24(21)30-16-29-23)15-18-6-2-3-8-22(18)25(26,27)28/h2-8,13-14,16,19,32H,9-12,15H2,1H3. The fourth-order valence-corrected chi connectivity index (χ4v) is 4.55. The van der Waals surface area contributed by atoms with E-state index >= 15 is 0 Å². The highest BCUT2D eigenvalue weighted by Crippen LogP contribution is 2.33. The molecule has 1 aliphatic heterocycles. The second-order valence-electron chi connectivity index (χ2n) is 8.67. The zero-order valence-electron chi connectivity index (χ0n) is 18.8. The Hall–Kier alpha value is -3.62. The van der Waals surface area contributed by atoms with Gasteiger partial charge in [0.25, 0.3) is 0 Å². The number of aryl methyl sites for hydroxylation is 1. The summed E-state index contributed by atoms with van der Waals surface area (Å²) in [6.07, 6.45) is 0.593. The van der Waals surface area contributed by atoms with Crippen LogP contribution in [0.1, 0.15) is 29.5 Å². The molecular formula is C25H25F3N6. The minimum Gasteiger partial charge on any atom is -0.382 e. The van der Waals surface area contributed by atoms with Crippen LogP contribution in [0.2, 0.25) is 0 Å². The highest BCUT2D eigenvalue weighted by Gasteiger charge is 2.33. The predicted molar refractivity (Wildman–Crippen MR) is 126 cm³/mol. The van der Waals surface area contributed by atoms with E-state index in [0.717, 1.165) is 48.9 Å². The molecule has 1 aliphatic rings. The van der Waals surface area contributed by atoms with Crippen molar-refractivity contribution in [2.75, 3.05) is 23.3 Å². The zero-order chi connectivity index (χ0) is 23.7. The van der Waals surface area contributed by atoms with Gasteiger partial charge in [-0.15, -0.1) is 0 Å². The lowest BCUT2D eigenvalue weighted by Crippen LogP contribution is -2.39. The van der Waals surface area contributed by atoms with Gasteiger partial charge in [-0.3, -0.25) is 0 Å². The molecule has 0 saturated carbocycles. The molecule has 0 aliphatic carbocycles. The molecule has 0 bridgehead atoms. The Labute approximate surface area is 195 Å². The van der Waals surface area contributed by atoms with E-state index in [1.54, 1.807) is 12.3 Å². The molecule has 0 unspecified atom stereocenters. The molecule has 6 nitrogen and oxygen atoms in total. The number of fused-ring (bicyclic) bond motifs is 1. The van der Waals surface area contributed by atoms with Gasteiger partial charge in [-0.25, -0.2) is 14.6 Å². The van der Waals surface area contributed by atoms with Crippen molar-refractivity contribution in [1.82, 2.24) is 19.7 Å². The topological polar surface area (TPSA) is 58.9 Å². The van der Waals surface area contributed by atoms with Crippen LogP contribution in [0.4, 0.5) is 24.7 Å². The average Bonchev–Trinajstić information content (AvgIpc) is 3.22. The summed E-state index contributed by atoms with van der Waals surface area (Å²) in [5.74, 6) is 0.773. The van der Waals surface area contributed by atoms with Crippen LogP contribution in [0.15, 0.2) is 61.1 Å². The van der Waals surface area contributed by atoms with Crippen molar-refractivity contribution in [3.8, 4) is 0 Å². The fourth-order valence-electron chi connectivity index (χ4n) is 4.55. The highest BCUT2D eigenvalue weighted by molar-refractivity contribution is 5.86. The summed E-state index contributed by atoms with van der Waals surface area (Å²) in [5.41, 5.74) is 2.38. The van der Waals surface area contributed by atoms with Crippen LogP contribution >= 0.6 is 0 Å². The first-order valence-corrected chi connectivity index (χ1v) is 11.3. The number of halogens is 3. The summed E-state index contributed by atoms with van der Waals surface area (Å²) in [5, 5.41) is 8.72. The number of rotatable bonds is 5. The number of benzene rings is 2. The summed E-state index contributed by atoms with van der Waals surface area (Å²) in [6.45, 7) is 3.70. The number of anilines is 2. The SMILES string of the molecule is Cc1cccc(NC2CCN(c3ncnc4c3cnn4Cc3ccccc3C(F)(F)F)CC2)c1. The molecule has 1 saturated heterocycles. The monoisotopic (exact) mass is 466 g/mol. The van der Waals surface area contributed by atoms with Crippen molar-refractivity contribution in [2.45, 2.75) is 38.5 Å². The summed E-state index contributed by atoms with van der Waals surface area (Å²) in [7, 11) is 0. The average molecular weight is 467 g/mol. The molecule has 9 heteroatoms. The van der Waals surface area contributed by atoms with Crippen LogP contribution in [-0.2, 0) is 12.7 Å². The summed E-state index contributed by atoms with van der Waals surface area (Å²) >= 11 is 0. The van der Waals surface area contributed by atoms with Crippen LogP contribution in [0, 0.1) is 6.92 Å². The van der Waals surface area contributed by atoms with Crippen molar-refractivity contribution in [3.63, 3.8) is 0 Å². The molecule has 0 amide bonds. The third kappa shape index (κ3) is 4.55. The van der Waals surface area contributed by atoms with E-state index in [1.807, 2.05) is 0 Å². The van der Waals surface area contributed by atoms with Gasteiger partial charge in [0.05, 0.1) is 23.7 Å². The molecule has 5 rings (SSSR count). The number of hydrogen-bond donors (Lipinski definition) is 1. The number of piperidine rings is 1. The smallest absolute Gasteiger partial charge is 0.382 e. The Morgan fingerprint density at radius 1 is 1.03 bits per heavy atom. The predicted octanol–water partition coefficient (Wildman–Crippen LogP) is 5.28. The Balaban J connectivity index is 1.33. The number of nitrogens with one attached hydrogen (secondary N) is 1. The zero-order valence-corrected chi connectivity index (χ0v) is 18.8. The minimum atomic E-state index is -4.42. The molecule has 0 atom stereocenters. The molecule has 4 aromatic rings. The van der Waals surface area contributed by atoms with Crippen molar-refractivity contribution < 1.29 is 13.2 Å². The van der Waals surface area contributed by atoms with Crippen LogP contribution in [0.5, 0.6) is 0 Å². The first-order valence-electron chi connectivity index (χ1n) is 11.3. The number of nitrogens with zero attached hydrogens (tertiary/aromatic N) is 5. The molecule has 0 spiro atoms. The second-order valence-corrected chi connectivity index (χ2v) is 8.67. The van der Waals surface area contributed by atoms with Crippen molar-refractivity contribution >= 4 is 22.5 Å². The van der Waals surface area contributed by atoms with Gasteiger partial charge in [0.15, 0.2) is 5.65 Å². The molecular weight excluding hydrogens is 441 g/mol. The van der Waals surface area contributed by atoms with E-state index in [2.05, 4.69) is 56.5 Å². The molecule has 1 fully saturated rings. The Bertz CT molecular complexity index is 1290. The van der Waals surface area contributed by atoms with Crippen molar-refractivity contribution in [2.24, 2.45) is 0 Å². The molecule has 0 radical (unpaired) electrons. The fraction of sp³-hybridized carbons (Fsp3) is 0.320. The molecule has 2 aromatic carbocycles. The highest BCUT2D eigenvalue weighted by atomic mass is 19.4. The lowest BCUT2D eigenvalue weighted by molar-refractivity contribution is -0.138. The van der Waals surface area contributed by atoms with Gasteiger partial charge >= 0.3 is 6.18 Å². The van der Waals surface area contributed by atoms with Gasteiger partial charge in [0, 0.05) is 24.8 Å². The van der Waals surface area contributed by atoms with Gasteiger partial charge in [-0.1, -0.05) is 30.3 Å². The largest absolute Gasteiger partial charge is 0.416 e. The van der Waals surface area contributed by atoms with Gasteiger partial charge < -0.3 is 10.2 Å². The molecule has 176 valence electrons. The van der Waals surface area contributed by atoms with Crippen molar-refractivity contribution in [3.05, 3.63) is 77.7 Å². The van der Waals surface area contributed by atoms with E-state index in [9.17, 15) is 13.2 Å². The van der Waals surface area contributed by atoms with Crippen LogP contribution in [0.3, 0.4) is 0 Å². The van der Waals surface area contributed by atoms with Gasteiger partial charge in [0.1, 0.15) is 12.1 Å². The Morgan fingerprint density at radius 3 is 2.59 bits per heavy atom. The number of aromatic nitrogens is 4. The lowest BCUT2D eigenvalue weighted by atomic mass is 10.0. The minimum absolute atomic E-state index is 0.0158. The number of hydrogen-bond acceptors (Lipinski definition) is 5. The van der Waals surface area contributed by atoms with E-state index in [0.29, 0.717) is 11.7 Å². The summed E-state index contributed by atoms with van der Waals surface area (Å²) in [4.78, 5) is 11.0. The van der Waals surface area contributed by atoms with Gasteiger partial charge in [-0.2, -0.15) is 18.3 Å². The van der Waals surface area contributed by atoms with Crippen LogP contribution in [-0.4, -0.2) is 38.9 Å². The van der Waals surface area contributed by atoms with Crippen LogP contribution < -0.4 is 10.2 Å². The van der Waals surface area contributed by atoms with Gasteiger partial charge in [0.2, 0.25) is 0 Å². The van der Waals surface area contributed by atoms with E-state index in [4.69, 9.17) is 0 Å². The normalized spacial score (nSPS) is 15.1. The Morgan fingerprint density at radius 2 is 1.82 bits per heavy atom. The summed E-state index contributed by atoms with van der Waals surface area (Å²) < 4.78 is 41.8. The maximum absolute atomic E-state index is 13.4. The van der Waals surface area contributed by atoms with E-state index < -0.39 is 11.7 Å². The van der Waals surface area contributed by atoms with E-state index in [-0.39, 0.29) is 12.1 Å².